The van der Waals surface area contributed by atoms with Gasteiger partial charge < -0.3 is 4.48 Å². The van der Waals surface area contributed by atoms with Gasteiger partial charge >= 0.3 is 0 Å². The van der Waals surface area contributed by atoms with Gasteiger partial charge in [0.05, 0.1) is 24.0 Å². The van der Waals surface area contributed by atoms with Crippen LogP contribution in [0.25, 0.3) is 0 Å². The van der Waals surface area contributed by atoms with Crippen molar-refractivity contribution in [3.8, 4) is 6.07 Å². The molecule has 1 aromatic rings. The topological polar surface area (TPSA) is 78.2 Å². The summed E-state index contributed by atoms with van der Waals surface area (Å²) in [7, 11) is -1.88. The van der Waals surface area contributed by atoms with E-state index in [9.17, 15) is 8.42 Å². The summed E-state index contributed by atoms with van der Waals surface area (Å²) >= 11 is 0. The molecule has 0 spiro atoms. The zero-order valence-corrected chi connectivity index (χ0v) is 15.1. The summed E-state index contributed by atoms with van der Waals surface area (Å²) in [6.45, 7) is 11.1. The lowest BCUT2D eigenvalue weighted by atomic mass is 10.2. The largest absolute Gasteiger partial charge is 0.310 e. The van der Waals surface area contributed by atoms with E-state index in [4.69, 9.17) is 9.81 Å². The Balaban J connectivity index is 0.000000401. The van der Waals surface area contributed by atoms with E-state index in [1.54, 1.807) is 12.1 Å². The van der Waals surface area contributed by atoms with E-state index in [-0.39, 0.29) is 4.90 Å². The maximum absolute atomic E-state index is 10.5. The van der Waals surface area contributed by atoms with Crippen molar-refractivity contribution in [1.82, 2.24) is 0 Å². The van der Waals surface area contributed by atoms with E-state index in [2.05, 4.69) is 40.8 Å². The predicted octanol–water partition coefficient (Wildman–Crippen LogP) is 3.02. The second-order valence-electron chi connectivity index (χ2n) is 6.14. The monoisotopic (exact) mass is 327 g/mol. The maximum Gasteiger partial charge on any atom is 0.294 e. The van der Waals surface area contributed by atoms with Gasteiger partial charge in [-0.25, -0.2) is 0 Å². The number of benzene rings is 1. The molecule has 0 fully saturated rings. The summed E-state index contributed by atoms with van der Waals surface area (Å²) in [6.07, 6.45) is 0. The molecule has 22 heavy (non-hydrogen) atoms. The van der Waals surface area contributed by atoms with Crippen LogP contribution in [0.15, 0.2) is 29.2 Å². The van der Waals surface area contributed by atoms with Gasteiger partial charge in [-0.1, -0.05) is 17.7 Å². The van der Waals surface area contributed by atoms with Crippen LogP contribution in [0.1, 0.15) is 33.3 Å². The zero-order valence-electron chi connectivity index (χ0n) is 14.2. The minimum Gasteiger partial charge on any atom is -0.310 e. The Bertz CT molecular complexity index is 591. The molecule has 0 bridgehead atoms. The summed E-state index contributed by atoms with van der Waals surface area (Å²) in [4.78, 5) is -0.0666. The van der Waals surface area contributed by atoms with Gasteiger partial charge in [-0.05, 0) is 46.8 Å². The van der Waals surface area contributed by atoms with Crippen LogP contribution in [0.4, 0.5) is 0 Å². The number of rotatable bonds is 4. The van der Waals surface area contributed by atoms with Crippen molar-refractivity contribution in [2.24, 2.45) is 0 Å². The fourth-order valence-electron chi connectivity index (χ4n) is 1.82. The Morgan fingerprint density at radius 2 is 1.55 bits per heavy atom. The van der Waals surface area contributed by atoms with Crippen LogP contribution < -0.4 is 0 Å². The Hall–Kier alpha value is -1.42. The predicted molar refractivity (Wildman–Crippen MR) is 87.9 cm³/mol. The second-order valence-corrected chi connectivity index (χ2v) is 7.56. The summed E-state index contributed by atoms with van der Waals surface area (Å²) in [5, 5.41) is 8.63. The van der Waals surface area contributed by atoms with Gasteiger partial charge in [0.2, 0.25) is 0 Å². The van der Waals surface area contributed by atoms with Crippen LogP contribution in [-0.2, 0) is 10.1 Å². The highest BCUT2D eigenvalue weighted by Crippen LogP contribution is 2.14. The number of nitrogens with zero attached hydrogens (tertiary/aromatic N) is 2. The maximum atomic E-state index is 10.5. The average molecular weight is 327 g/mol. The van der Waals surface area contributed by atoms with Crippen molar-refractivity contribution < 1.29 is 17.5 Å². The second kappa shape index (κ2) is 8.28. The van der Waals surface area contributed by atoms with Gasteiger partial charge in [0.25, 0.3) is 10.1 Å². The average Bonchev–Trinajstić information content (AvgIpc) is 2.38. The summed E-state index contributed by atoms with van der Waals surface area (Å²) in [6, 6.07) is 9.28. The smallest absolute Gasteiger partial charge is 0.294 e. The first-order chi connectivity index (χ1) is 9.95. The molecule has 0 radical (unpaired) electrons. The van der Waals surface area contributed by atoms with Gasteiger partial charge in [0.1, 0.15) is 6.07 Å². The lowest BCUT2D eigenvalue weighted by Crippen LogP contribution is -2.54. The highest BCUT2D eigenvalue weighted by Gasteiger charge is 2.28. The lowest BCUT2D eigenvalue weighted by molar-refractivity contribution is -0.943. The number of aryl methyl sites for hydroxylation is 1. The zero-order chi connectivity index (χ0) is 17.6. The third kappa shape index (κ3) is 6.14. The van der Waals surface area contributed by atoms with Crippen molar-refractivity contribution in [3.05, 3.63) is 29.8 Å². The molecular formula is C16H27N2O3S+. The number of nitriles is 1. The van der Waals surface area contributed by atoms with Gasteiger partial charge in [0, 0.05) is 0 Å². The Morgan fingerprint density at radius 3 is 1.77 bits per heavy atom. The fraction of sp³-hybridized carbons (Fsp3) is 0.562. The molecule has 0 amide bonds. The van der Waals surface area contributed by atoms with Crippen molar-refractivity contribution >= 4 is 10.1 Å². The Labute approximate surface area is 134 Å². The highest BCUT2D eigenvalue weighted by molar-refractivity contribution is 7.85. The molecule has 0 aliphatic rings. The summed E-state index contributed by atoms with van der Waals surface area (Å²) < 4.78 is 30.4. The van der Waals surface area contributed by atoms with Crippen LogP contribution in [-0.4, -0.2) is 43.1 Å². The molecular weight excluding hydrogens is 300 g/mol. The first kappa shape index (κ1) is 20.6. The van der Waals surface area contributed by atoms with Gasteiger partial charge in [-0.3, -0.25) is 4.55 Å². The number of hydrogen-bond acceptors (Lipinski definition) is 3. The van der Waals surface area contributed by atoms with Crippen LogP contribution in [0.2, 0.25) is 0 Å². The van der Waals surface area contributed by atoms with Gasteiger partial charge in [0.15, 0.2) is 6.54 Å². The van der Waals surface area contributed by atoms with Crippen molar-refractivity contribution in [2.45, 2.75) is 51.6 Å². The molecule has 0 saturated carbocycles. The molecule has 1 N–H and O–H groups in total. The van der Waals surface area contributed by atoms with E-state index in [0.717, 1.165) is 10.0 Å². The quantitative estimate of drug-likeness (QED) is 0.524. The Morgan fingerprint density at radius 1 is 1.14 bits per heavy atom. The van der Waals surface area contributed by atoms with Crippen LogP contribution >= 0.6 is 0 Å². The standard InChI is InChI=1S/C9H19N2.C7H8O3S/c1-8(2)11(5,7-6-10)9(3)4;1-6-2-4-7(5-3-6)11(8,9)10/h8-9H,7H2,1-5H3;2-5H,1H3,(H,8,9,10)/q+1;. The first-order valence-corrected chi connectivity index (χ1v) is 8.65. The minimum absolute atomic E-state index is 0.0666. The number of quaternary nitrogens is 1. The molecule has 124 valence electrons. The molecule has 1 rings (SSSR count). The molecule has 0 aliphatic heterocycles. The van der Waals surface area contributed by atoms with Crippen LogP contribution in [0, 0.1) is 18.3 Å². The lowest BCUT2D eigenvalue weighted by Gasteiger charge is -2.40. The molecule has 0 unspecified atom stereocenters. The van der Waals surface area contributed by atoms with E-state index < -0.39 is 10.1 Å². The van der Waals surface area contributed by atoms with E-state index in [1.165, 1.54) is 12.1 Å². The molecule has 6 heteroatoms. The molecule has 0 aromatic heterocycles. The van der Waals surface area contributed by atoms with Crippen LogP contribution in [0.5, 0.6) is 0 Å². The molecule has 0 atom stereocenters. The minimum atomic E-state index is -4.02. The van der Waals surface area contributed by atoms with Crippen LogP contribution in [0.3, 0.4) is 0 Å². The molecule has 1 aromatic carbocycles. The van der Waals surface area contributed by atoms with E-state index in [1.807, 2.05) is 6.92 Å². The molecule has 0 aliphatic carbocycles. The van der Waals surface area contributed by atoms with Gasteiger partial charge in [-0.2, -0.15) is 13.7 Å². The third-order valence-electron chi connectivity index (χ3n) is 4.09. The molecule has 5 nitrogen and oxygen atoms in total. The van der Waals surface area contributed by atoms with E-state index in [0.29, 0.717) is 18.6 Å². The number of hydrogen-bond donors (Lipinski definition) is 1. The first-order valence-electron chi connectivity index (χ1n) is 7.21. The highest BCUT2D eigenvalue weighted by atomic mass is 32.2. The van der Waals surface area contributed by atoms with Crippen molar-refractivity contribution in [3.63, 3.8) is 0 Å². The van der Waals surface area contributed by atoms with Crippen molar-refractivity contribution in [1.29, 1.82) is 5.26 Å². The SMILES string of the molecule is CC(C)[N+](C)(CC#N)C(C)C.Cc1ccc(S(=O)(=O)O)cc1. The normalized spacial score (nSPS) is 11.8. The third-order valence-corrected chi connectivity index (χ3v) is 4.96. The van der Waals surface area contributed by atoms with Gasteiger partial charge in [-0.15, -0.1) is 0 Å². The van der Waals surface area contributed by atoms with E-state index >= 15 is 0 Å². The fourth-order valence-corrected chi connectivity index (χ4v) is 2.30. The van der Waals surface area contributed by atoms with Crippen molar-refractivity contribution in [2.75, 3.05) is 13.6 Å². The molecule has 0 saturated heterocycles. The Kier molecular flexibility index (Phi) is 7.74. The summed E-state index contributed by atoms with van der Waals surface area (Å²) in [5.74, 6) is 0. The molecule has 0 heterocycles. The summed E-state index contributed by atoms with van der Waals surface area (Å²) in [5.41, 5.74) is 0.956.